The molecule has 2 aliphatic heterocycles. The van der Waals surface area contributed by atoms with Gasteiger partial charge in [0, 0.05) is 6.54 Å². The van der Waals surface area contributed by atoms with Gasteiger partial charge in [0.25, 0.3) is 5.91 Å². The predicted octanol–water partition coefficient (Wildman–Crippen LogP) is 0.612. The highest BCUT2D eigenvalue weighted by Crippen LogP contribution is 2.32. The smallest absolute Gasteiger partial charge is 0.335 e. The zero-order chi connectivity index (χ0) is 14.3. The van der Waals surface area contributed by atoms with Crippen LogP contribution in [0.5, 0.6) is 0 Å². The molecule has 3 rings (SSSR count). The molecule has 1 aromatic carbocycles. The van der Waals surface area contributed by atoms with Gasteiger partial charge in [-0.15, -0.1) is 0 Å². The highest BCUT2D eigenvalue weighted by atomic mass is 16.7. The minimum absolute atomic E-state index is 0.318. The molecule has 2 bridgehead atoms. The number of hydrogen-bond acceptors (Lipinski definition) is 4. The van der Waals surface area contributed by atoms with Crippen molar-refractivity contribution in [3.63, 3.8) is 0 Å². The van der Waals surface area contributed by atoms with Gasteiger partial charge in [-0.05, 0) is 12.5 Å². The summed E-state index contributed by atoms with van der Waals surface area (Å²) in [6.07, 6.45) is -2.81. The lowest BCUT2D eigenvalue weighted by Gasteiger charge is -2.36. The maximum atomic E-state index is 12.2. The van der Waals surface area contributed by atoms with Crippen LogP contribution in [0, 0.1) is 0 Å². The highest BCUT2D eigenvalue weighted by molar-refractivity contribution is 5.83. The molecule has 1 aromatic rings. The second-order valence-electron chi connectivity index (χ2n) is 5.02. The Morgan fingerprint density at radius 1 is 1.30 bits per heavy atom. The first-order valence-electron chi connectivity index (χ1n) is 6.46. The van der Waals surface area contributed by atoms with Crippen molar-refractivity contribution < 1.29 is 24.2 Å². The minimum Gasteiger partial charge on any atom is -0.479 e. The first-order valence-corrected chi connectivity index (χ1v) is 6.46. The number of nitrogens with zero attached hydrogens (tertiary/aromatic N) is 1. The topological polar surface area (TPSA) is 76.1 Å². The van der Waals surface area contributed by atoms with Crippen molar-refractivity contribution in [2.24, 2.45) is 0 Å². The van der Waals surface area contributed by atoms with Crippen LogP contribution in [0.1, 0.15) is 12.5 Å². The molecule has 20 heavy (non-hydrogen) atoms. The summed E-state index contributed by atoms with van der Waals surface area (Å²) in [5.74, 6) is -1.42. The standard InChI is InChI=1S/C14H15NO5/c1-8-10-11(13(17)18)20-14(19-10)12(16)15(8)7-9-5-3-2-4-6-9/h2-6,8,10-11,14H,7H2,1H3,(H,17,18)/t8-,10+,11-,14-/m0/s1. The molecule has 2 heterocycles. The number of aliphatic carboxylic acids is 1. The number of benzene rings is 1. The van der Waals surface area contributed by atoms with Crippen molar-refractivity contribution in [1.82, 2.24) is 4.90 Å². The number of rotatable bonds is 3. The number of hydrogen-bond donors (Lipinski definition) is 1. The number of morpholine rings is 1. The van der Waals surface area contributed by atoms with Gasteiger partial charge in [0.15, 0.2) is 6.10 Å². The Balaban J connectivity index is 1.83. The summed E-state index contributed by atoms with van der Waals surface area (Å²) in [6.45, 7) is 2.21. The highest BCUT2D eigenvalue weighted by Gasteiger charge is 2.54. The van der Waals surface area contributed by atoms with Gasteiger partial charge in [-0.1, -0.05) is 30.3 Å². The Bertz CT molecular complexity index is 532. The second kappa shape index (κ2) is 4.88. The average molecular weight is 277 g/mol. The normalized spacial score (nSPS) is 32.5. The van der Waals surface area contributed by atoms with E-state index in [1.165, 1.54) is 0 Å². The predicted molar refractivity (Wildman–Crippen MR) is 67.6 cm³/mol. The molecule has 106 valence electrons. The molecule has 1 amide bonds. The maximum absolute atomic E-state index is 12.2. The van der Waals surface area contributed by atoms with E-state index in [4.69, 9.17) is 14.6 Å². The molecule has 0 unspecified atom stereocenters. The molecule has 2 fully saturated rings. The Kier molecular flexibility index (Phi) is 3.19. The van der Waals surface area contributed by atoms with Gasteiger partial charge in [0.2, 0.25) is 6.29 Å². The lowest BCUT2D eigenvalue weighted by molar-refractivity contribution is -0.178. The molecule has 1 N–H and O–H groups in total. The lowest BCUT2D eigenvalue weighted by Crippen LogP contribution is -2.54. The van der Waals surface area contributed by atoms with Crippen LogP contribution in [0.3, 0.4) is 0 Å². The number of carboxylic acid groups (broad SMARTS) is 1. The molecule has 0 saturated carbocycles. The average Bonchev–Trinajstić information content (AvgIpc) is 2.85. The zero-order valence-corrected chi connectivity index (χ0v) is 10.9. The van der Waals surface area contributed by atoms with Gasteiger partial charge in [-0.25, -0.2) is 4.79 Å². The van der Waals surface area contributed by atoms with Crippen LogP contribution in [0.25, 0.3) is 0 Å². The van der Waals surface area contributed by atoms with E-state index in [0.717, 1.165) is 5.56 Å². The third kappa shape index (κ3) is 2.07. The first-order chi connectivity index (χ1) is 9.58. The van der Waals surface area contributed by atoms with E-state index in [1.807, 2.05) is 30.3 Å². The van der Waals surface area contributed by atoms with E-state index >= 15 is 0 Å². The summed E-state index contributed by atoms with van der Waals surface area (Å²) in [7, 11) is 0. The van der Waals surface area contributed by atoms with Crippen molar-refractivity contribution in [1.29, 1.82) is 0 Å². The monoisotopic (exact) mass is 277 g/mol. The van der Waals surface area contributed by atoms with E-state index in [0.29, 0.717) is 6.54 Å². The number of carbonyl (C=O) groups excluding carboxylic acids is 1. The molecule has 0 aliphatic carbocycles. The number of carboxylic acids is 1. The molecule has 0 spiro atoms. The molecule has 0 radical (unpaired) electrons. The van der Waals surface area contributed by atoms with Crippen LogP contribution < -0.4 is 0 Å². The molecular formula is C14H15NO5. The van der Waals surface area contributed by atoms with Crippen LogP contribution in [-0.4, -0.2) is 46.4 Å². The van der Waals surface area contributed by atoms with Gasteiger partial charge in [-0.3, -0.25) is 4.79 Å². The van der Waals surface area contributed by atoms with Crippen LogP contribution in [0.15, 0.2) is 30.3 Å². The van der Waals surface area contributed by atoms with Crippen LogP contribution in [0.4, 0.5) is 0 Å². The Morgan fingerprint density at radius 2 is 2.00 bits per heavy atom. The summed E-state index contributed by atoms with van der Waals surface area (Å²) in [5.41, 5.74) is 0.987. The Morgan fingerprint density at radius 3 is 2.65 bits per heavy atom. The minimum atomic E-state index is -1.10. The molecular weight excluding hydrogens is 262 g/mol. The van der Waals surface area contributed by atoms with Crippen molar-refractivity contribution >= 4 is 11.9 Å². The van der Waals surface area contributed by atoms with Gasteiger partial charge < -0.3 is 19.5 Å². The summed E-state index contributed by atoms with van der Waals surface area (Å²) >= 11 is 0. The van der Waals surface area contributed by atoms with Crippen LogP contribution in [0.2, 0.25) is 0 Å². The molecule has 6 nitrogen and oxygen atoms in total. The summed E-state index contributed by atoms with van der Waals surface area (Å²) in [4.78, 5) is 25.0. The van der Waals surface area contributed by atoms with Crippen LogP contribution >= 0.6 is 0 Å². The van der Waals surface area contributed by atoms with Crippen molar-refractivity contribution in [3.8, 4) is 0 Å². The number of carbonyl (C=O) groups is 2. The summed E-state index contributed by atoms with van der Waals surface area (Å²) < 4.78 is 10.6. The fraction of sp³-hybridized carbons (Fsp3) is 0.429. The third-order valence-electron chi connectivity index (χ3n) is 3.74. The number of amides is 1. The Labute approximate surface area is 115 Å². The molecule has 4 atom stereocenters. The van der Waals surface area contributed by atoms with Crippen LogP contribution in [-0.2, 0) is 25.6 Å². The SMILES string of the molecule is C[C@H]1[C@H]2O[C@@H](O[C@@H]2C(=O)O)C(=O)N1Cc1ccccc1. The van der Waals surface area contributed by atoms with E-state index in [1.54, 1.807) is 11.8 Å². The van der Waals surface area contributed by atoms with Gasteiger partial charge in [0.05, 0.1) is 6.04 Å². The van der Waals surface area contributed by atoms with Gasteiger partial charge in [-0.2, -0.15) is 0 Å². The largest absolute Gasteiger partial charge is 0.479 e. The Hall–Kier alpha value is -1.92. The van der Waals surface area contributed by atoms with Gasteiger partial charge in [0.1, 0.15) is 6.10 Å². The number of fused-ring (bicyclic) bond motifs is 2. The second-order valence-corrected chi connectivity index (χ2v) is 5.02. The van der Waals surface area contributed by atoms with E-state index in [-0.39, 0.29) is 11.9 Å². The van der Waals surface area contributed by atoms with Crippen molar-refractivity contribution in [3.05, 3.63) is 35.9 Å². The van der Waals surface area contributed by atoms with E-state index in [9.17, 15) is 9.59 Å². The van der Waals surface area contributed by atoms with Crippen molar-refractivity contribution in [2.75, 3.05) is 0 Å². The zero-order valence-electron chi connectivity index (χ0n) is 10.9. The fourth-order valence-electron chi connectivity index (χ4n) is 2.65. The lowest BCUT2D eigenvalue weighted by atomic mass is 10.0. The summed E-state index contributed by atoms with van der Waals surface area (Å²) in [5, 5.41) is 9.11. The first kappa shape index (κ1) is 13.1. The van der Waals surface area contributed by atoms with Crippen molar-refractivity contribution in [2.45, 2.75) is 38.0 Å². The third-order valence-corrected chi connectivity index (χ3v) is 3.74. The fourth-order valence-corrected chi connectivity index (χ4v) is 2.65. The maximum Gasteiger partial charge on any atom is 0.335 e. The molecule has 0 aromatic heterocycles. The molecule has 2 saturated heterocycles. The quantitative estimate of drug-likeness (QED) is 0.876. The number of ether oxygens (including phenoxy) is 2. The molecule has 2 aliphatic rings. The van der Waals surface area contributed by atoms with Gasteiger partial charge >= 0.3 is 5.97 Å². The summed E-state index contributed by atoms with van der Waals surface area (Å²) in [6, 6.07) is 9.20. The van der Waals surface area contributed by atoms with E-state index in [2.05, 4.69) is 0 Å². The van der Waals surface area contributed by atoms with E-state index < -0.39 is 24.5 Å². The molecule has 6 heteroatoms.